The highest BCUT2D eigenvalue weighted by Crippen LogP contribution is 2.22. The van der Waals surface area contributed by atoms with Crippen LogP contribution in [0.4, 0.5) is 5.69 Å². The maximum absolute atomic E-state index is 12.2. The molecule has 0 atom stereocenters. The summed E-state index contributed by atoms with van der Waals surface area (Å²) in [7, 11) is 0. The SMILES string of the molecule is O=C(/C=C/c1nc2ccccc2s1)Nc1cccc(COCc2ccco2)c1. The van der Waals surface area contributed by atoms with Crippen molar-refractivity contribution >= 4 is 39.2 Å². The summed E-state index contributed by atoms with van der Waals surface area (Å²) in [6.07, 6.45) is 4.85. The third kappa shape index (κ3) is 4.73. The van der Waals surface area contributed by atoms with E-state index in [-0.39, 0.29) is 5.91 Å². The monoisotopic (exact) mass is 390 g/mol. The van der Waals surface area contributed by atoms with Crippen molar-refractivity contribution in [3.05, 3.63) is 89.3 Å². The number of aromatic nitrogens is 1. The molecule has 0 saturated carbocycles. The average Bonchev–Trinajstić information content (AvgIpc) is 3.36. The largest absolute Gasteiger partial charge is 0.467 e. The number of para-hydroxylation sites is 1. The minimum atomic E-state index is -0.201. The van der Waals surface area contributed by atoms with Gasteiger partial charge < -0.3 is 14.5 Å². The molecule has 5 nitrogen and oxygen atoms in total. The summed E-state index contributed by atoms with van der Waals surface area (Å²) in [6, 6.07) is 19.2. The molecule has 28 heavy (non-hydrogen) atoms. The second-order valence-electron chi connectivity index (χ2n) is 6.11. The van der Waals surface area contributed by atoms with E-state index in [0.717, 1.165) is 32.2 Å². The van der Waals surface area contributed by atoms with Gasteiger partial charge in [-0.15, -0.1) is 11.3 Å². The highest BCUT2D eigenvalue weighted by Gasteiger charge is 2.03. The number of hydrogen-bond donors (Lipinski definition) is 1. The first kappa shape index (κ1) is 18.2. The number of rotatable bonds is 7. The third-order valence-electron chi connectivity index (χ3n) is 3.98. The van der Waals surface area contributed by atoms with Crippen LogP contribution < -0.4 is 5.32 Å². The van der Waals surface area contributed by atoms with Crippen LogP contribution in [0.15, 0.2) is 77.4 Å². The molecule has 2 aromatic heterocycles. The van der Waals surface area contributed by atoms with Crippen molar-refractivity contribution in [2.75, 3.05) is 5.32 Å². The van der Waals surface area contributed by atoms with Crippen molar-refractivity contribution in [1.82, 2.24) is 4.98 Å². The molecule has 140 valence electrons. The van der Waals surface area contributed by atoms with Crippen LogP contribution in [-0.4, -0.2) is 10.9 Å². The van der Waals surface area contributed by atoms with E-state index >= 15 is 0 Å². The zero-order chi connectivity index (χ0) is 19.2. The van der Waals surface area contributed by atoms with Crippen LogP contribution in [0.25, 0.3) is 16.3 Å². The van der Waals surface area contributed by atoms with Gasteiger partial charge in [0, 0.05) is 11.8 Å². The lowest BCUT2D eigenvalue weighted by Gasteiger charge is -2.06. The van der Waals surface area contributed by atoms with Gasteiger partial charge in [0.1, 0.15) is 17.4 Å². The van der Waals surface area contributed by atoms with Crippen molar-refractivity contribution in [3.8, 4) is 0 Å². The van der Waals surface area contributed by atoms with Crippen molar-refractivity contribution in [2.45, 2.75) is 13.2 Å². The Morgan fingerprint density at radius 2 is 2.04 bits per heavy atom. The number of carbonyl (C=O) groups excluding carboxylic acids is 1. The number of amides is 1. The summed E-state index contributed by atoms with van der Waals surface area (Å²) in [5.74, 6) is 0.581. The second kappa shape index (κ2) is 8.65. The lowest BCUT2D eigenvalue weighted by Crippen LogP contribution is -2.08. The molecule has 0 aliphatic heterocycles. The summed E-state index contributed by atoms with van der Waals surface area (Å²) >= 11 is 1.55. The molecule has 4 rings (SSSR count). The van der Waals surface area contributed by atoms with Crippen LogP contribution in [0.2, 0.25) is 0 Å². The lowest BCUT2D eigenvalue weighted by atomic mass is 10.2. The van der Waals surface area contributed by atoms with Crippen LogP contribution in [-0.2, 0) is 22.7 Å². The van der Waals surface area contributed by atoms with Gasteiger partial charge in [0.05, 0.1) is 23.1 Å². The minimum Gasteiger partial charge on any atom is -0.467 e. The van der Waals surface area contributed by atoms with Gasteiger partial charge in [-0.1, -0.05) is 24.3 Å². The summed E-state index contributed by atoms with van der Waals surface area (Å²) in [5.41, 5.74) is 2.63. The molecular formula is C22H18N2O3S. The van der Waals surface area contributed by atoms with Gasteiger partial charge >= 0.3 is 0 Å². The molecule has 6 heteroatoms. The smallest absolute Gasteiger partial charge is 0.248 e. The molecule has 0 aliphatic rings. The summed E-state index contributed by atoms with van der Waals surface area (Å²) in [5, 5.41) is 3.67. The molecule has 2 aromatic carbocycles. The van der Waals surface area contributed by atoms with Crippen molar-refractivity contribution < 1.29 is 13.9 Å². The van der Waals surface area contributed by atoms with E-state index in [1.807, 2.05) is 60.7 Å². The van der Waals surface area contributed by atoms with Gasteiger partial charge in [-0.25, -0.2) is 4.98 Å². The molecule has 0 spiro atoms. The topological polar surface area (TPSA) is 64.4 Å². The average molecular weight is 390 g/mol. The van der Waals surface area contributed by atoms with E-state index in [0.29, 0.717) is 13.2 Å². The van der Waals surface area contributed by atoms with Gasteiger partial charge in [-0.2, -0.15) is 0 Å². The highest BCUT2D eigenvalue weighted by atomic mass is 32.1. The van der Waals surface area contributed by atoms with E-state index in [4.69, 9.17) is 9.15 Å². The van der Waals surface area contributed by atoms with E-state index in [1.54, 1.807) is 23.7 Å². The van der Waals surface area contributed by atoms with E-state index in [9.17, 15) is 4.79 Å². The molecule has 0 saturated heterocycles. The molecule has 0 aliphatic carbocycles. The molecule has 1 amide bonds. The molecule has 1 N–H and O–H groups in total. The molecule has 0 radical (unpaired) electrons. The number of ether oxygens (including phenoxy) is 1. The van der Waals surface area contributed by atoms with E-state index in [2.05, 4.69) is 10.3 Å². The normalized spacial score (nSPS) is 11.3. The molecular weight excluding hydrogens is 372 g/mol. The summed E-state index contributed by atoms with van der Waals surface area (Å²) in [6.45, 7) is 0.848. The van der Waals surface area contributed by atoms with Crippen molar-refractivity contribution in [2.24, 2.45) is 0 Å². The van der Waals surface area contributed by atoms with Gasteiger partial charge in [0.15, 0.2) is 0 Å². The number of thiazole rings is 1. The standard InChI is InChI=1S/C22H18N2O3S/c25-21(10-11-22-24-19-8-1-2-9-20(19)28-22)23-17-6-3-5-16(13-17)14-26-15-18-7-4-12-27-18/h1-13H,14-15H2,(H,23,25)/b11-10+. The zero-order valence-corrected chi connectivity index (χ0v) is 15.8. The highest BCUT2D eigenvalue weighted by molar-refractivity contribution is 7.19. The minimum absolute atomic E-state index is 0.201. The molecule has 0 bridgehead atoms. The number of carbonyl (C=O) groups is 1. The first-order chi connectivity index (χ1) is 13.8. The molecule has 0 unspecified atom stereocenters. The maximum atomic E-state index is 12.2. The second-order valence-corrected chi connectivity index (χ2v) is 7.18. The van der Waals surface area contributed by atoms with Crippen molar-refractivity contribution in [3.63, 3.8) is 0 Å². The number of anilines is 1. The Kier molecular flexibility index (Phi) is 5.61. The predicted molar refractivity (Wildman–Crippen MR) is 111 cm³/mol. The Labute approximate surface area is 166 Å². The number of nitrogens with zero attached hydrogens (tertiary/aromatic N) is 1. The van der Waals surface area contributed by atoms with Crippen LogP contribution in [0.5, 0.6) is 0 Å². The van der Waals surface area contributed by atoms with Gasteiger partial charge in [-0.05, 0) is 48.0 Å². The Bertz CT molecular complexity index is 1070. The number of benzene rings is 2. The predicted octanol–water partition coefficient (Wildman–Crippen LogP) is 5.26. The molecule has 4 aromatic rings. The summed E-state index contributed by atoms with van der Waals surface area (Å²) in [4.78, 5) is 16.7. The fourth-order valence-electron chi connectivity index (χ4n) is 2.70. The maximum Gasteiger partial charge on any atom is 0.248 e. The van der Waals surface area contributed by atoms with Crippen LogP contribution in [0.3, 0.4) is 0 Å². The van der Waals surface area contributed by atoms with Crippen molar-refractivity contribution in [1.29, 1.82) is 0 Å². The van der Waals surface area contributed by atoms with Gasteiger partial charge in [0.2, 0.25) is 5.91 Å². The fourth-order valence-corrected chi connectivity index (χ4v) is 3.57. The first-order valence-corrected chi connectivity index (χ1v) is 9.62. The Balaban J connectivity index is 1.33. The van der Waals surface area contributed by atoms with Crippen LogP contribution >= 0.6 is 11.3 Å². The number of hydrogen-bond acceptors (Lipinski definition) is 5. The Morgan fingerprint density at radius 1 is 1.11 bits per heavy atom. The summed E-state index contributed by atoms with van der Waals surface area (Å²) < 4.78 is 12.0. The lowest BCUT2D eigenvalue weighted by molar-refractivity contribution is -0.111. The van der Waals surface area contributed by atoms with E-state index < -0.39 is 0 Å². The number of fused-ring (bicyclic) bond motifs is 1. The molecule has 0 fully saturated rings. The number of furan rings is 1. The van der Waals surface area contributed by atoms with E-state index in [1.165, 1.54) is 6.08 Å². The Morgan fingerprint density at radius 3 is 2.89 bits per heavy atom. The van der Waals surface area contributed by atoms with Crippen LogP contribution in [0.1, 0.15) is 16.3 Å². The quantitative estimate of drug-likeness (QED) is 0.437. The third-order valence-corrected chi connectivity index (χ3v) is 4.98. The molecule has 2 heterocycles. The van der Waals surface area contributed by atoms with Crippen LogP contribution in [0, 0.1) is 0 Å². The fraction of sp³-hybridized carbons (Fsp3) is 0.0909. The zero-order valence-electron chi connectivity index (χ0n) is 15.0. The Hall–Kier alpha value is -3.22. The number of nitrogens with one attached hydrogen (secondary N) is 1. The first-order valence-electron chi connectivity index (χ1n) is 8.80. The van der Waals surface area contributed by atoms with Gasteiger partial charge in [-0.3, -0.25) is 4.79 Å². The van der Waals surface area contributed by atoms with Gasteiger partial charge in [0.25, 0.3) is 0 Å².